The molecule has 0 aliphatic rings. The van der Waals surface area contributed by atoms with Gasteiger partial charge in [0.25, 0.3) is 0 Å². The van der Waals surface area contributed by atoms with Crippen molar-refractivity contribution in [3.8, 4) is 0 Å². The van der Waals surface area contributed by atoms with Crippen molar-refractivity contribution < 1.29 is 4.74 Å². The number of nitrogens with one attached hydrogen (secondary N) is 2. The molecule has 4 nitrogen and oxygen atoms in total. The van der Waals surface area contributed by atoms with Crippen LogP contribution in [-0.4, -0.2) is 39.3 Å². The van der Waals surface area contributed by atoms with Gasteiger partial charge in [0, 0.05) is 44.1 Å². The average Bonchev–Trinajstić information content (AvgIpc) is 2.95. The van der Waals surface area contributed by atoms with Crippen molar-refractivity contribution in [2.45, 2.75) is 26.2 Å². The van der Waals surface area contributed by atoms with Crippen LogP contribution in [0.25, 0.3) is 0 Å². The molecule has 1 heterocycles. The molecule has 0 aliphatic heterocycles. The Hall–Kier alpha value is -0.340. The van der Waals surface area contributed by atoms with Gasteiger partial charge >= 0.3 is 0 Å². The quantitative estimate of drug-likeness (QED) is 0.299. The van der Waals surface area contributed by atoms with Gasteiger partial charge in [-0.2, -0.15) is 0 Å². The zero-order valence-corrected chi connectivity index (χ0v) is 15.7. The van der Waals surface area contributed by atoms with Gasteiger partial charge in [-0.15, -0.1) is 35.3 Å². The molecule has 0 saturated carbocycles. The van der Waals surface area contributed by atoms with Gasteiger partial charge in [-0.1, -0.05) is 13.0 Å². The van der Waals surface area contributed by atoms with Crippen molar-refractivity contribution >= 4 is 41.3 Å². The van der Waals surface area contributed by atoms with Crippen LogP contribution in [0.2, 0.25) is 0 Å². The van der Waals surface area contributed by atoms with Crippen molar-refractivity contribution in [2.75, 3.05) is 33.4 Å². The van der Waals surface area contributed by atoms with Gasteiger partial charge in [0.1, 0.15) is 0 Å². The van der Waals surface area contributed by atoms with Gasteiger partial charge in [-0.25, -0.2) is 0 Å². The molecular formula is C14H26IN3OS. The molecule has 116 valence electrons. The molecule has 2 N–H and O–H groups in total. The second-order valence-electron chi connectivity index (χ2n) is 4.35. The third-order valence-corrected chi connectivity index (χ3v) is 3.89. The van der Waals surface area contributed by atoms with E-state index in [2.05, 4.69) is 40.1 Å². The van der Waals surface area contributed by atoms with Gasteiger partial charge < -0.3 is 15.4 Å². The van der Waals surface area contributed by atoms with Crippen LogP contribution in [0.1, 0.15) is 31.1 Å². The summed E-state index contributed by atoms with van der Waals surface area (Å²) in [7, 11) is 1.80. The lowest BCUT2D eigenvalue weighted by atomic mass is 10.1. The molecule has 0 saturated heterocycles. The maximum absolute atomic E-state index is 5.30. The van der Waals surface area contributed by atoms with Gasteiger partial charge in [-0.3, -0.25) is 4.99 Å². The van der Waals surface area contributed by atoms with E-state index in [1.807, 2.05) is 6.92 Å². The zero-order valence-electron chi connectivity index (χ0n) is 12.5. The van der Waals surface area contributed by atoms with Gasteiger partial charge in [-0.05, 0) is 24.8 Å². The average molecular weight is 411 g/mol. The number of aliphatic imine (C=N–C) groups is 1. The molecule has 0 spiro atoms. The van der Waals surface area contributed by atoms with Crippen molar-refractivity contribution in [1.29, 1.82) is 0 Å². The van der Waals surface area contributed by atoms with E-state index in [0.29, 0.717) is 5.92 Å². The Balaban J connectivity index is 0.00000361. The van der Waals surface area contributed by atoms with Crippen LogP contribution >= 0.6 is 35.3 Å². The molecule has 0 fully saturated rings. The van der Waals surface area contributed by atoms with E-state index in [1.165, 1.54) is 4.88 Å². The minimum atomic E-state index is 0. The predicted octanol–water partition coefficient (Wildman–Crippen LogP) is 3.06. The van der Waals surface area contributed by atoms with E-state index in [9.17, 15) is 0 Å². The third-order valence-electron chi connectivity index (χ3n) is 2.79. The first-order chi connectivity index (χ1) is 9.27. The summed E-state index contributed by atoms with van der Waals surface area (Å²) in [6.45, 7) is 7.59. The molecule has 1 aromatic heterocycles. The molecular weight excluding hydrogens is 385 g/mol. The number of hydrogen-bond donors (Lipinski definition) is 2. The standard InChI is InChI=1S/C14H25N3OS.HI/c1-4-18-9-6-8-16-14(15-3)17-11-12(2)13-7-5-10-19-13;/h5,7,10,12H,4,6,8-9,11H2,1-3H3,(H2,15,16,17);1H. The highest BCUT2D eigenvalue weighted by molar-refractivity contribution is 14.0. The number of halogens is 1. The fourth-order valence-corrected chi connectivity index (χ4v) is 2.46. The molecule has 0 radical (unpaired) electrons. The monoisotopic (exact) mass is 411 g/mol. The van der Waals surface area contributed by atoms with E-state index in [4.69, 9.17) is 4.74 Å². The maximum Gasteiger partial charge on any atom is 0.190 e. The van der Waals surface area contributed by atoms with Crippen molar-refractivity contribution in [3.05, 3.63) is 22.4 Å². The summed E-state index contributed by atoms with van der Waals surface area (Å²) < 4.78 is 5.30. The fraction of sp³-hybridized carbons (Fsp3) is 0.643. The summed E-state index contributed by atoms with van der Waals surface area (Å²) in [4.78, 5) is 5.62. The Morgan fingerprint density at radius 3 is 2.85 bits per heavy atom. The number of rotatable bonds is 8. The van der Waals surface area contributed by atoms with Crippen LogP contribution in [0.3, 0.4) is 0 Å². The lowest BCUT2D eigenvalue weighted by Gasteiger charge is -2.15. The van der Waals surface area contributed by atoms with Gasteiger partial charge in [0.2, 0.25) is 0 Å². The molecule has 6 heteroatoms. The second-order valence-corrected chi connectivity index (χ2v) is 5.33. The van der Waals surface area contributed by atoms with Crippen LogP contribution in [0.4, 0.5) is 0 Å². The first kappa shape index (κ1) is 19.7. The molecule has 1 unspecified atom stereocenters. The van der Waals surface area contributed by atoms with Gasteiger partial charge in [0.15, 0.2) is 5.96 Å². The number of thiophene rings is 1. The summed E-state index contributed by atoms with van der Waals surface area (Å²) >= 11 is 1.80. The van der Waals surface area contributed by atoms with E-state index >= 15 is 0 Å². The number of nitrogens with zero attached hydrogens (tertiary/aromatic N) is 1. The summed E-state index contributed by atoms with van der Waals surface area (Å²) in [5.74, 6) is 1.36. The number of ether oxygens (including phenoxy) is 1. The summed E-state index contributed by atoms with van der Waals surface area (Å²) in [6, 6.07) is 4.27. The SMILES string of the molecule is CCOCCCNC(=NC)NCC(C)c1cccs1.I. The minimum absolute atomic E-state index is 0. The van der Waals surface area contributed by atoms with E-state index in [0.717, 1.165) is 38.7 Å². The Morgan fingerprint density at radius 1 is 1.45 bits per heavy atom. The highest BCUT2D eigenvalue weighted by atomic mass is 127. The van der Waals surface area contributed by atoms with Crippen LogP contribution in [0.15, 0.2) is 22.5 Å². The van der Waals surface area contributed by atoms with Crippen LogP contribution in [0.5, 0.6) is 0 Å². The highest BCUT2D eigenvalue weighted by Crippen LogP contribution is 2.19. The fourth-order valence-electron chi connectivity index (χ4n) is 1.67. The summed E-state index contributed by atoms with van der Waals surface area (Å²) in [5.41, 5.74) is 0. The maximum atomic E-state index is 5.30. The largest absolute Gasteiger partial charge is 0.382 e. The first-order valence-corrected chi connectivity index (χ1v) is 7.71. The normalized spacial score (nSPS) is 12.7. The Kier molecular flexibility index (Phi) is 12.2. The lowest BCUT2D eigenvalue weighted by Crippen LogP contribution is -2.39. The lowest BCUT2D eigenvalue weighted by molar-refractivity contribution is 0.145. The number of guanidine groups is 1. The Labute approximate surface area is 143 Å². The van der Waals surface area contributed by atoms with Crippen LogP contribution in [-0.2, 0) is 4.74 Å². The minimum Gasteiger partial charge on any atom is -0.382 e. The summed E-state index contributed by atoms with van der Waals surface area (Å²) in [5, 5.41) is 8.76. The van der Waals surface area contributed by atoms with E-state index in [-0.39, 0.29) is 24.0 Å². The molecule has 1 aromatic rings. The molecule has 0 amide bonds. The number of hydrogen-bond acceptors (Lipinski definition) is 3. The first-order valence-electron chi connectivity index (χ1n) is 6.83. The van der Waals surface area contributed by atoms with E-state index in [1.54, 1.807) is 18.4 Å². The topological polar surface area (TPSA) is 45.6 Å². The van der Waals surface area contributed by atoms with Gasteiger partial charge in [0.05, 0.1) is 0 Å². The molecule has 20 heavy (non-hydrogen) atoms. The van der Waals surface area contributed by atoms with E-state index < -0.39 is 0 Å². The molecule has 1 atom stereocenters. The van der Waals surface area contributed by atoms with Crippen molar-refractivity contribution in [3.63, 3.8) is 0 Å². The molecule has 0 aliphatic carbocycles. The second kappa shape index (κ2) is 12.4. The summed E-state index contributed by atoms with van der Waals surface area (Å²) in [6.07, 6.45) is 0.995. The van der Waals surface area contributed by atoms with Crippen molar-refractivity contribution in [1.82, 2.24) is 10.6 Å². The zero-order chi connectivity index (χ0) is 13.9. The molecule has 1 rings (SSSR count). The third kappa shape index (κ3) is 8.06. The highest BCUT2D eigenvalue weighted by Gasteiger charge is 2.07. The Morgan fingerprint density at radius 2 is 2.25 bits per heavy atom. The van der Waals surface area contributed by atoms with Crippen LogP contribution in [0, 0.1) is 0 Å². The Bertz CT molecular complexity index is 357. The van der Waals surface area contributed by atoms with Crippen LogP contribution < -0.4 is 10.6 Å². The molecule has 0 aromatic carbocycles. The van der Waals surface area contributed by atoms with Crippen molar-refractivity contribution in [2.24, 2.45) is 4.99 Å². The molecule has 0 bridgehead atoms. The smallest absolute Gasteiger partial charge is 0.190 e. The predicted molar refractivity (Wildman–Crippen MR) is 98.6 cm³/mol.